The molecule has 4 heteroatoms. The lowest BCUT2D eigenvalue weighted by molar-refractivity contribution is 0.0190. The smallest absolute Gasteiger partial charge is 0.137 e. The van der Waals surface area contributed by atoms with Crippen LogP contribution in [0, 0.1) is 0 Å². The molecule has 0 unspecified atom stereocenters. The Bertz CT molecular complexity index is 733. The van der Waals surface area contributed by atoms with Crippen molar-refractivity contribution in [2.24, 2.45) is 0 Å². The first-order valence-electron chi connectivity index (χ1n) is 8.24. The number of hydrogen-bond donors (Lipinski definition) is 1. The van der Waals surface area contributed by atoms with Gasteiger partial charge in [-0.05, 0) is 55.6 Å². The first kappa shape index (κ1) is 17.3. The second-order valence-electron chi connectivity index (χ2n) is 6.72. The Labute approximate surface area is 148 Å². The molecular weight excluding hydrogens is 322 g/mol. The molecule has 1 aliphatic rings. The summed E-state index contributed by atoms with van der Waals surface area (Å²) in [5, 5.41) is 10.4. The lowest BCUT2D eigenvalue weighted by Gasteiger charge is -2.48. The summed E-state index contributed by atoms with van der Waals surface area (Å²) in [5.41, 5.74) is 3.67. The molecule has 24 heavy (non-hydrogen) atoms. The minimum atomic E-state index is -0.179. The third-order valence-electron chi connectivity index (χ3n) is 5.48. The Morgan fingerprint density at radius 1 is 1.29 bits per heavy atom. The Hall–Kier alpha value is -1.55. The van der Waals surface area contributed by atoms with Crippen molar-refractivity contribution >= 4 is 11.6 Å². The lowest BCUT2D eigenvalue weighted by Crippen LogP contribution is -2.51. The van der Waals surface area contributed by atoms with Crippen LogP contribution >= 0.6 is 11.6 Å². The first-order chi connectivity index (χ1) is 11.5. The second kappa shape index (κ2) is 6.75. The molecule has 0 saturated carbocycles. The van der Waals surface area contributed by atoms with Crippen LogP contribution in [-0.4, -0.2) is 36.4 Å². The number of ether oxygens (including phenoxy) is 1. The number of aliphatic hydroxyl groups is 1. The molecule has 2 atom stereocenters. The first-order valence-corrected chi connectivity index (χ1v) is 8.62. The zero-order valence-corrected chi connectivity index (χ0v) is 15.2. The van der Waals surface area contributed by atoms with Gasteiger partial charge >= 0.3 is 0 Å². The average molecular weight is 346 g/mol. The molecule has 0 aromatic heterocycles. The molecule has 2 aromatic rings. The maximum atomic E-state index is 9.79. The maximum Gasteiger partial charge on any atom is 0.137 e. The monoisotopic (exact) mass is 345 g/mol. The highest BCUT2D eigenvalue weighted by molar-refractivity contribution is 6.32. The van der Waals surface area contributed by atoms with Crippen LogP contribution in [0.25, 0.3) is 0 Å². The zero-order chi connectivity index (χ0) is 17.3. The van der Waals surface area contributed by atoms with Gasteiger partial charge < -0.3 is 9.84 Å². The number of benzene rings is 2. The quantitative estimate of drug-likeness (QED) is 0.848. The number of rotatable bonds is 4. The summed E-state index contributed by atoms with van der Waals surface area (Å²) < 4.78 is 5.42. The molecule has 1 aliphatic carbocycles. The molecule has 0 radical (unpaired) electrons. The van der Waals surface area contributed by atoms with Gasteiger partial charge in [0.1, 0.15) is 5.75 Å². The SMILES string of the molecule is COc1cc([C@H]2c3ccccc3CC[C@]2(C)N(C)CO)ccc1Cl. The number of hydrogen-bond acceptors (Lipinski definition) is 3. The molecule has 128 valence electrons. The summed E-state index contributed by atoms with van der Waals surface area (Å²) in [6, 6.07) is 14.6. The van der Waals surface area contributed by atoms with Gasteiger partial charge in [-0.2, -0.15) is 0 Å². The highest BCUT2D eigenvalue weighted by Gasteiger charge is 2.43. The lowest BCUT2D eigenvalue weighted by atomic mass is 9.67. The van der Waals surface area contributed by atoms with Crippen molar-refractivity contribution < 1.29 is 9.84 Å². The van der Waals surface area contributed by atoms with Crippen molar-refractivity contribution in [2.75, 3.05) is 20.9 Å². The van der Waals surface area contributed by atoms with Crippen LogP contribution in [0.2, 0.25) is 5.02 Å². The molecule has 0 fully saturated rings. The number of aryl methyl sites for hydroxylation is 1. The second-order valence-corrected chi connectivity index (χ2v) is 7.13. The summed E-state index contributed by atoms with van der Waals surface area (Å²) in [6.45, 7) is 2.25. The van der Waals surface area contributed by atoms with Crippen molar-refractivity contribution in [3.8, 4) is 5.75 Å². The molecule has 0 saturated heterocycles. The minimum Gasteiger partial charge on any atom is -0.495 e. The van der Waals surface area contributed by atoms with Gasteiger partial charge in [-0.1, -0.05) is 41.9 Å². The van der Waals surface area contributed by atoms with Crippen LogP contribution in [0.4, 0.5) is 0 Å². The van der Waals surface area contributed by atoms with Gasteiger partial charge in [0.2, 0.25) is 0 Å². The van der Waals surface area contributed by atoms with Crippen molar-refractivity contribution in [3.63, 3.8) is 0 Å². The fourth-order valence-corrected chi connectivity index (χ4v) is 4.07. The van der Waals surface area contributed by atoms with Gasteiger partial charge in [-0.25, -0.2) is 0 Å². The maximum absolute atomic E-state index is 9.79. The van der Waals surface area contributed by atoms with Gasteiger partial charge in [0.25, 0.3) is 0 Å². The number of methoxy groups -OCH3 is 1. The normalized spacial score (nSPS) is 23.2. The molecule has 0 bridgehead atoms. The molecule has 0 aliphatic heterocycles. The van der Waals surface area contributed by atoms with E-state index in [0.29, 0.717) is 10.8 Å². The summed E-state index contributed by atoms with van der Waals surface area (Å²) in [5.74, 6) is 0.831. The predicted octanol–water partition coefficient (Wildman–Crippen LogP) is 4.07. The molecule has 0 heterocycles. The van der Waals surface area contributed by atoms with E-state index in [1.165, 1.54) is 11.1 Å². The van der Waals surface area contributed by atoms with E-state index in [0.717, 1.165) is 18.4 Å². The van der Waals surface area contributed by atoms with Crippen LogP contribution < -0.4 is 4.74 Å². The molecule has 0 amide bonds. The fraction of sp³-hybridized carbons (Fsp3) is 0.400. The van der Waals surface area contributed by atoms with E-state index in [9.17, 15) is 5.11 Å². The van der Waals surface area contributed by atoms with Gasteiger partial charge in [0, 0.05) is 11.5 Å². The summed E-state index contributed by atoms with van der Waals surface area (Å²) in [7, 11) is 3.62. The molecule has 3 nitrogen and oxygen atoms in total. The van der Waals surface area contributed by atoms with Crippen LogP contribution in [0.5, 0.6) is 5.75 Å². The third-order valence-corrected chi connectivity index (χ3v) is 5.79. The number of nitrogens with zero attached hydrogens (tertiary/aromatic N) is 1. The van der Waals surface area contributed by atoms with E-state index in [2.05, 4.69) is 37.3 Å². The third kappa shape index (κ3) is 2.81. The van der Waals surface area contributed by atoms with Crippen LogP contribution in [0.3, 0.4) is 0 Å². The summed E-state index contributed by atoms with van der Waals surface area (Å²) >= 11 is 6.22. The van der Waals surface area contributed by atoms with Gasteiger partial charge in [-0.3, -0.25) is 4.90 Å². The van der Waals surface area contributed by atoms with Crippen LogP contribution in [0.1, 0.15) is 36.0 Å². The molecule has 0 spiro atoms. The van der Waals surface area contributed by atoms with E-state index in [4.69, 9.17) is 16.3 Å². The Balaban J connectivity index is 2.18. The average Bonchev–Trinajstić information content (AvgIpc) is 2.61. The van der Waals surface area contributed by atoms with Crippen molar-refractivity contribution in [2.45, 2.75) is 31.2 Å². The van der Waals surface area contributed by atoms with E-state index in [-0.39, 0.29) is 18.2 Å². The standard InChI is InChI=1S/C20H24ClNO2/c1-20(22(2)13-23)11-10-14-6-4-5-7-16(14)19(20)15-8-9-17(21)18(12-15)24-3/h4-9,12,19,23H,10-11,13H2,1-3H3/t19-,20-/m0/s1. The van der Waals surface area contributed by atoms with Gasteiger partial charge in [0.05, 0.1) is 18.9 Å². The molecule has 3 rings (SSSR count). The summed E-state index contributed by atoms with van der Waals surface area (Å²) in [4.78, 5) is 2.04. The highest BCUT2D eigenvalue weighted by Crippen LogP contribution is 2.47. The van der Waals surface area contributed by atoms with E-state index >= 15 is 0 Å². The van der Waals surface area contributed by atoms with Crippen LogP contribution in [0.15, 0.2) is 42.5 Å². The molecule has 2 aromatic carbocycles. The summed E-state index contributed by atoms with van der Waals surface area (Å²) in [6.07, 6.45) is 1.99. The van der Waals surface area contributed by atoms with Crippen LogP contribution in [-0.2, 0) is 6.42 Å². The number of aliphatic hydroxyl groups excluding tert-OH is 1. The number of fused-ring (bicyclic) bond motifs is 1. The van der Waals surface area contributed by atoms with E-state index < -0.39 is 0 Å². The minimum absolute atomic E-state index is 0.0277. The molecule has 1 N–H and O–H groups in total. The van der Waals surface area contributed by atoms with Crippen molar-refractivity contribution in [3.05, 3.63) is 64.2 Å². The topological polar surface area (TPSA) is 32.7 Å². The predicted molar refractivity (Wildman–Crippen MR) is 97.9 cm³/mol. The highest BCUT2D eigenvalue weighted by atomic mass is 35.5. The zero-order valence-electron chi connectivity index (χ0n) is 14.4. The van der Waals surface area contributed by atoms with E-state index in [1.54, 1.807) is 7.11 Å². The largest absolute Gasteiger partial charge is 0.495 e. The van der Waals surface area contributed by atoms with Crippen molar-refractivity contribution in [1.29, 1.82) is 0 Å². The van der Waals surface area contributed by atoms with E-state index in [1.807, 2.05) is 24.1 Å². The van der Waals surface area contributed by atoms with Crippen molar-refractivity contribution in [1.82, 2.24) is 4.90 Å². The Morgan fingerprint density at radius 3 is 2.75 bits per heavy atom. The fourth-order valence-electron chi connectivity index (χ4n) is 3.88. The van der Waals surface area contributed by atoms with Gasteiger partial charge in [-0.15, -0.1) is 0 Å². The Morgan fingerprint density at radius 2 is 2.04 bits per heavy atom. The number of likely N-dealkylation sites (N-methyl/N-ethyl adjacent to an activating group) is 1. The Kier molecular flexibility index (Phi) is 4.86. The number of halogens is 1. The van der Waals surface area contributed by atoms with Gasteiger partial charge in [0.15, 0.2) is 0 Å². The molecular formula is C20H24ClNO2.